The van der Waals surface area contributed by atoms with E-state index < -0.39 is 0 Å². The fourth-order valence-corrected chi connectivity index (χ4v) is 2.58. The number of hydrogen-bond acceptors (Lipinski definition) is 4. The van der Waals surface area contributed by atoms with Crippen molar-refractivity contribution in [2.45, 2.75) is 10.6 Å². The Bertz CT molecular complexity index is 586. The maximum Gasteiger partial charge on any atom is 0.141 e. The van der Waals surface area contributed by atoms with Gasteiger partial charge in [-0.3, -0.25) is 10.4 Å². The number of nitrogens with one attached hydrogen (secondary N) is 1. The van der Waals surface area contributed by atoms with Crippen LogP contribution in [0.1, 0.15) is 11.3 Å². The first kappa shape index (κ1) is 13.4. The van der Waals surface area contributed by atoms with E-state index in [0.717, 1.165) is 22.0 Å². The zero-order chi connectivity index (χ0) is 13.7. The van der Waals surface area contributed by atoms with Crippen molar-refractivity contribution in [3.63, 3.8) is 0 Å². The van der Waals surface area contributed by atoms with Crippen LogP contribution in [0.4, 0.5) is 0 Å². The molecule has 2 aromatic rings. The molecule has 0 saturated carbocycles. The number of pyridine rings is 1. The van der Waals surface area contributed by atoms with Gasteiger partial charge in [-0.15, -0.1) is 11.8 Å². The highest BCUT2D eigenvalue weighted by Gasteiger charge is 2.04. The Morgan fingerprint density at radius 2 is 2.16 bits per heavy atom. The Kier molecular flexibility index (Phi) is 4.41. The van der Waals surface area contributed by atoms with Gasteiger partial charge in [0.05, 0.1) is 7.11 Å². The fraction of sp³-hybridized carbons (Fsp3) is 0.143. The molecule has 98 valence electrons. The maximum absolute atomic E-state index is 7.38. The number of benzene rings is 1. The molecule has 0 saturated heterocycles. The van der Waals surface area contributed by atoms with Crippen molar-refractivity contribution in [2.75, 3.05) is 7.11 Å². The first-order valence-corrected chi connectivity index (χ1v) is 6.74. The third kappa shape index (κ3) is 3.48. The molecule has 5 heteroatoms. The third-order valence-corrected chi connectivity index (χ3v) is 3.69. The smallest absolute Gasteiger partial charge is 0.141 e. The number of nitrogen functional groups attached to an aromatic ring is 1. The van der Waals surface area contributed by atoms with Gasteiger partial charge in [0.1, 0.15) is 17.3 Å². The SMILES string of the molecule is COc1ccccc1SCc1ccnc(C(=N)N)c1. The van der Waals surface area contributed by atoms with Crippen LogP contribution in [0.15, 0.2) is 47.5 Å². The molecule has 1 aromatic heterocycles. The van der Waals surface area contributed by atoms with Gasteiger partial charge in [0.2, 0.25) is 0 Å². The van der Waals surface area contributed by atoms with Crippen molar-refractivity contribution in [1.29, 1.82) is 5.41 Å². The molecule has 2 rings (SSSR count). The molecule has 19 heavy (non-hydrogen) atoms. The highest BCUT2D eigenvalue weighted by Crippen LogP contribution is 2.31. The lowest BCUT2D eigenvalue weighted by Gasteiger charge is -2.08. The van der Waals surface area contributed by atoms with E-state index in [2.05, 4.69) is 4.98 Å². The highest BCUT2D eigenvalue weighted by molar-refractivity contribution is 7.98. The number of rotatable bonds is 5. The first-order valence-electron chi connectivity index (χ1n) is 5.76. The van der Waals surface area contributed by atoms with Crippen LogP contribution in [0.25, 0.3) is 0 Å². The van der Waals surface area contributed by atoms with E-state index in [0.29, 0.717) is 5.69 Å². The highest BCUT2D eigenvalue weighted by atomic mass is 32.2. The van der Waals surface area contributed by atoms with Gasteiger partial charge in [0.15, 0.2) is 0 Å². The molecule has 4 nitrogen and oxygen atoms in total. The second-order valence-corrected chi connectivity index (χ2v) is 4.92. The summed E-state index contributed by atoms with van der Waals surface area (Å²) in [6.45, 7) is 0. The number of hydrogen-bond donors (Lipinski definition) is 2. The first-order chi connectivity index (χ1) is 9.20. The van der Waals surface area contributed by atoms with Crippen LogP contribution < -0.4 is 10.5 Å². The van der Waals surface area contributed by atoms with Crippen LogP contribution >= 0.6 is 11.8 Å². The van der Waals surface area contributed by atoms with E-state index in [4.69, 9.17) is 15.9 Å². The predicted octanol–water partition coefficient (Wildman–Crippen LogP) is 2.67. The molecule has 0 aliphatic heterocycles. The fourth-order valence-electron chi connectivity index (χ4n) is 1.61. The number of methoxy groups -OCH3 is 1. The monoisotopic (exact) mass is 273 g/mol. The summed E-state index contributed by atoms with van der Waals surface area (Å²) in [6, 6.07) is 11.7. The van der Waals surface area contributed by atoms with Crippen LogP contribution in [0.3, 0.4) is 0 Å². The summed E-state index contributed by atoms with van der Waals surface area (Å²) in [7, 11) is 1.67. The number of nitrogens with zero attached hydrogens (tertiary/aromatic N) is 1. The van der Waals surface area contributed by atoms with Gasteiger partial charge in [-0.05, 0) is 29.8 Å². The van der Waals surface area contributed by atoms with Crippen molar-refractivity contribution in [2.24, 2.45) is 5.73 Å². The predicted molar refractivity (Wildman–Crippen MR) is 77.8 cm³/mol. The Morgan fingerprint density at radius 3 is 2.89 bits per heavy atom. The number of ether oxygens (including phenoxy) is 1. The van der Waals surface area contributed by atoms with Gasteiger partial charge >= 0.3 is 0 Å². The van der Waals surface area contributed by atoms with Gasteiger partial charge in [-0.25, -0.2) is 0 Å². The van der Waals surface area contributed by atoms with E-state index in [1.54, 1.807) is 25.1 Å². The van der Waals surface area contributed by atoms with E-state index in [9.17, 15) is 0 Å². The second kappa shape index (κ2) is 6.24. The van der Waals surface area contributed by atoms with Gasteiger partial charge in [-0.1, -0.05) is 12.1 Å². The lowest BCUT2D eigenvalue weighted by atomic mass is 10.2. The van der Waals surface area contributed by atoms with Crippen molar-refractivity contribution >= 4 is 17.6 Å². The number of nitrogens with two attached hydrogens (primary N) is 1. The quantitative estimate of drug-likeness (QED) is 0.499. The second-order valence-electron chi connectivity index (χ2n) is 3.90. The topological polar surface area (TPSA) is 72.0 Å². The largest absolute Gasteiger partial charge is 0.496 e. The average Bonchev–Trinajstić information content (AvgIpc) is 2.45. The van der Waals surface area contributed by atoms with Crippen molar-refractivity contribution in [3.05, 3.63) is 53.9 Å². The Hall–Kier alpha value is -2.01. The molecule has 0 bridgehead atoms. The van der Waals surface area contributed by atoms with Crippen molar-refractivity contribution in [3.8, 4) is 5.75 Å². The summed E-state index contributed by atoms with van der Waals surface area (Å²) in [5, 5.41) is 7.38. The zero-order valence-corrected chi connectivity index (χ0v) is 11.4. The summed E-state index contributed by atoms with van der Waals surface area (Å²) in [4.78, 5) is 5.13. The van der Waals surface area contributed by atoms with E-state index in [-0.39, 0.29) is 5.84 Å². The summed E-state index contributed by atoms with van der Waals surface area (Å²) in [5.74, 6) is 1.64. The number of para-hydroxylation sites is 1. The van der Waals surface area contributed by atoms with Crippen LogP contribution in [-0.2, 0) is 5.75 Å². The molecule has 1 heterocycles. The molecule has 1 aromatic carbocycles. The van der Waals surface area contributed by atoms with Gasteiger partial charge in [0, 0.05) is 16.8 Å². The average molecular weight is 273 g/mol. The minimum Gasteiger partial charge on any atom is -0.496 e. The van der Waals surface area contributed by atoms with Gasteiger partial charge < -0.3 is 10.5 Å². The van der Waals surface area contributed by atoms with Crippen LogP contribution in [-0.4, -0.2) is 17.9 Å². The van der Waals surface area contributed by atoms with E-state index >= 15 is 0 Å². The Balaban J connectivity index is 2.10. The van der Waals surface area contributed by atoms with E-state index in [1.165, 1.54) is 0 Å². The molecule has 0 radical (unpaired) electrons. The van der Waals surface area contributed by atoms with Crippen LogP contribution in [0.2, 0.25) is 0 Å². The summed E-state index contributed by atoms with van der Waals surface area (Å²) in [5.41, 5.74) is 7.02. The molecule has 0 spiro atoms. The van der Waals surface area contributed by atoms with Gasteiger partial charge in [-0.2, -0.15) is 0 Å². The lowest BCUT2D eigenvalue weighted by molar-refractivity contribution is 0.405. The molecule has 0 fully saturated rings. The maximum atomic E-state index is 7.38. The Labute approximate surface area is 116 Å². The molecular formula is C14H15N3OS. The molecule has 0 atom stereocenters. The number of amidine groups is 1. The molecule has 3 N–H and O–H groups in total. The Morgan fingerprint density at radius 1 is 1.37 bits per heavy atom. The molecule has 0 amide bonds. The number of aromatic nitrogens is 1. The standard InChI is InChI=1S/C14H15N3OS/c1-18-12-4-2-3-5-13(12)19-9-10-6-7-17-11(8-10)14(15)16/h2-8H,9H2,1H3,(H3,15,16). The van der Waals surface area contributed by atoms with Gasteiger partial charge in [0.25, 0.3) is 0 Å². The summed E-state index contributed by atoms with van der Waals surface area (Å²) >= 11 is 1.68. The minimum absolute atomic E-state index is 0.0101. The molecular weight excluding hydrogens is 258 g/mol. The van der Waals surface area contributed by atoms with Crippen LogP contribution in [0, 0.1) is 5.41 Å². The molecule has 0 aliphatic rings. The van der Waals surface area contributed by atoms with E-state index in [1.807, 2.05) is 36.4 Å². The van der Waals surface area contributed by atoms with Crippen molar-refractivity contribution < 1.29 is 4.74 Å². The minimum atomic E-state index is -0.0101. The summed E-state index contributed by atoms with van der Waals surface area (Å²) in [6.07, 6.45) is 1.68. The molecule has 0 aliphatic carbocycles. The summed E-state index contributed by atoms with van der Waals surface area (Å²) < 4.78 is 5.31. The number of thioether (sulfide) groups is 1. The lowest BCUT2D eigenvalue weighted by Crippen LogP contribution is -2.13. The zero-order valence-electron chi connectivity index (χ0n) is 10.6. The molecule has 0 unspecified atom stereocenters. The normalized spacial score (nSPS) is 10.2. The van der Waals surface area contributed by atoms with Crippen molar-refractivity contribution in [1.82, 2.24) is 4.98 Å². The third-order valence-electron chi connectivity index (χ3n) is 2.56. The van der Waals surface area contributed by atoms with Crippen LogP contribution in [0.5, 0.6) is 5.75 Å².